The molecule has 0 aliphatic heterocycles. The second-order valence-electron chi connectivity index (χ2n) is 2.18. The largest absolute Gasteiger partial charge is 0.480 e. The zero-order chi connectivity index (χ0) is 10.3. The lowest BCUT2D eigenvalue weighted by molar-refractivity contribution is -0.135. The summed E-state index contributed by atoms with van der Waals surface area (Å²) in [6.07, 6.45) is 0. The molecule has 0 amide bonds. The van der Waals surface area contributed by atoms with Gasteiger partial charge in [0, 0.05) is 0 Å². The van der Waals surface area contributed by atoms with Crippen molar-refractivity contribution >= 4 is 39.3 Å². The molecular formula is C7H12BrClO3. The number of ketones is 1. The second-order valence-corrected chi connectivity index (χ2v) is 4.21. The molecule has 0 rings (SSSR count). The highest BCUT2D eigenvalue weighted by molar-refractivity contribution is 9.10. The maximum atomic E-state index is 10.0. The first-order valence-corrected chi connectivity index (χ1v) is 4.65. The van der Waals surface area contributed by atoms with Crippen LogP contribution in [0.3, 0.4) is 0 Å². The van der Waals surface area contributed by atoms with Crippen molar-refractivity contribution < 1.29 is 14.7 Å². The maximum absolute atomic E-state index is 10.0. The number of hydrogen-bond acceptors (Lipinski definition) is 2. The predicted octanol–water partition coefficient (Wildman–Crippen LogP) is 2.06. The molecule has 72 valence electrons. The third-order valence-corrected chi connectivity index (χ3v) is 1.60. The Bertz CT molecular complexity index is 139. The van der Waals surface area contributed by atoms with Gasteiger partial charge in [-0.15, -0.1) is 11.6 Å². The fraction of sp³-hybridized carbons (Fsp3) is 0.714. The summed E-state index contributed by atoms with van der Waals surface area (Å²) in [6, 6.07) is 0. The van der Waals surface area contributed by atoms with E-state index in [2.05, 4.69) is 15.9 Å². The third-order valence-electron chi connectivity index (χ3n) is 0.900. The van der Waals surface area contributed by atoms with Gasteiger partial charge in [-0.25, -0.2) is 0 Å². The van der Waals surface area contributed by atoms with E-state index in [0.717, 1.165) is 0 Å². The van der Waals surface area contributed by atoms with Gasteiger partial charge < -0.3 is 5.11 Å². The zero-order valence-electron chi connectivity index (χ0n) is 7.17. The number of carbonyl (C=O) groups is 2. The van der Waals surface area contributed by atoms with Crippen LogP contribution in [0, 0.1) is 0 Å². The number of halogens is 2. The van der Waals surface area contributed by atoms with Crippen LogP contribution in [-0.2, 0) is 9.59 Å². The number of carboxylic acids is 1. The van der Waals surface area contributed by atoms with Gasteiger partial charge in [0.05, 0.1) is 5.38 Å². The standard InChI is InChI=1S/C4H7ClO.C3H5BrO2/c1-3(5)4(2)6;1-2(4)3(5)6/h3H,1-2H3;2H,1H3,(H,5,6)/t3-;2-/m00/s1. The summed E-state index contributed by atoms with van der Waals surface area (Å²) in [5, 5.41) is 7.63. The topological polar surface area (TPSA) is 54.4 Å². The quantitative estimate of drug-likeness (QED) is 0.772. The van der Waals surface area contributed by atoms with E-state index in [9.17, 15) is 9.59 Å². The van der Waals surface area contributed by atoms with Crippen LogP contribution in [-0.4, -0.2) is 27.1 Å². The van der Waals surface area contributed by atoms with Crippen LogP contribution in [0.15, 0.2) is 0 Å². The molecule has 1 N–H and O–H groups in total. The molecule has 0 aliphatic rings. The Kier molecular flexibility index (Phi) is 9.09. The SMILES string of the molecule is CC(=O)[C@H](C)Cl.C[C@H](Br)C(=O)O. The zero-order valence-corrected chi connectivity index (χ0v) is 9.52. The Morgan fingerprint density at radius 3 is 1.58 bits per heavy atom. The van der Waals surface area contributed by atoms with E-state index in [-0.39, 0.29) is 11.2 Å². The van der Waals surface area contributed by atoms with E-state index in [4.69, 9.17) is 16.7 Å². The molecule has 0 aromatic heterocycles. The fourth-order valence-electron chi connectivity index (χ4n) is 0. The molecule has 12 heavy (non-hydrogen) atoms. The molecule has 0 unspecified atom stereocenters. The van der Waals surface area contributed by atoms with Gasteiger partial charge in [0.1, 0.15) is 10.6 Å². The molecule has 0 radical (unpaired) electrons. The van der Waals surface area contributed by atoms with Gasteiger partial charge in [-0.1, -0.05) is 15.9 Å². The Morgan fingerprint density at radius 2 is 1.58 bits per heavy atom. The number of carboxylic acid groups (broad SMARTS) is 1. The molecule has 0 fully saturated rings. The van der Waals surface area contributed by atoms with Crippen molar-refractivity contribution in [1.82, 2.24) is 0 Å². The summed E-state index contributed by atoms with van der Waals surface area (Å²) in [5.74, 6) is -0.799. The van der Waals surface area contributed by atoms with Crippen LogP contribution in [0.4, 0.5) is 0 Å². The van der Waals surface area contributed by atoms with Gasteiger partial charge in [-0.05, 0) is 20.8 Å². The monoisotopic (exact) mass is 258 g/mol. The lowest BCUT2D eigenvalue weighted by atomic mass is 10.3. The summed E-state index contributed by atoms with van der Waals surface area (Å²) in [7, 11) is 0. The molecule has 0 spiro atoms. The van der Waals surface area contributed by atoms with Gasteiger partial charge in [0.25, 0.3) is 0 Å². The number of aliphatic carboxylic acids is 1. The molecule has 5 heteroatoms. The Balaban J connectivity index is 0. The highest BCUT2D eigenvalue weighted by Crippen LogP contribution is 1.94. The average Bonchev–Trinajstić information content (AvgIpc) is 1.88. The third kappa shape index (κ3) is 12.6. The molecular weight excluding hydrogens is 247 g/mol. The Morgan fingerprint density at radius 1 is 1.42 bits per heavy atom. The minimum Gasteiger partial charge on any atom is -0.480 e. The highest BCUT2D eigenvalue weighted by Gasteiger charge is 2.01. The van der Waals surface area contributed by atoms with Crippen molar-refractivity contribution in [1.29, 1.82) is 0 Å². The molecule has 0 aromatic rings. The first kappa shape index (κ1) is 14.4. The fourth-order valence-corrected chi connectivity index (χ4v) is 0. The van der Waals surface area contributed by atoms with Crippen molar-refractivity contribution in [3.8, 4) is 0 Å². The predicted molar refractivity (Wildman–Crippen MR) is 52.0 cm³/mol. The lowest BCUT2D eigenvalue weighted by Gasteiger charge is -1.88. The number of carbonyl (C=O) groups excluding carboxylic acids is 1. The van der Waals surface area contributed by atoms with Crippen LogP contribution >= 0.6 is 27.5 Å². The van der Waals surface area contributed by atoms with Crippen molar-refractivity contribution in [2.24, 2.45) is 0 Å². The second kappa shape index (κ2) is 7.55. The number of hydrogen-bond donors (Lipinski definition) is 1. The molecule has 0 aliphatic carbocycles. The highest BCUT2D eigenvalue weighted by atomic mass is 79.9. The number of Topliss-reactive ketones (excluding diaryl/α,β-unsaturated/α-hetero) is 1. The summed E-state index contributed by atoms with van der Waals surface area (Å²) in [5.41, 5.74) is 0. The summed E-state index contributed by atoms with van der Waals surface area (Å²) < 4.78 is 0. The van der Waals surface area contributed by atoms with Crippen molar-refractivity contribution in [2.75, 3.05) is 0 Å². The van der Waals surface area contributed by atoms with Gasteiger partial charge in [-0.2, -0.15) is 0 Å². The molecule has 0 saturated carbocycles. The van der Waals surface area contributed by atoms with Crippen molar-refractivity contribution in [3.05, 3.63) is 0 Å². The first-order chi connectivity index (χ1) is 5.29. The van der Waals surface area contributed by atoms with Crippen LogP contribution in [0.1, 0.15) is 20.8 Å². The smallest absolute Gasteiger partial charge is 0.316 e. The molecule has 0 bridgehead atoms. The number of rotatable bonds is 2. The molecule has 2 atom stereocenters. The molecule has 0 saturated heterocycles. The van der Waals surface area contributed by atoms with Crippen molar-refractivity contribution in [3.63, 3.8) is 0 Å². The van der Waals surface area contributed by atoms with E-state index < -0.39 is 10.8 Å². The van der Waals surface area contributed by atoms with E-state index in [1.807, 2.05) is 0 Å². The normalized spacial score (nSPS) is 13.8. The van der Waals surface area contributed by atoms with Gasteiger partial charge >= 0.3 is 5.97 Å². The minimum atomic E-state index is -0.824. The maximum Gasteiger partial charge on any atom is 0.316 e. The van der Waals surface area contributed by atoms with Gasteiger partial charge in [-0.3, -0.25) is 9.59 Å². The van der Waals surface area contributed by atoms with E-state index >= 15 is 0 Å². The molecule has 0 aromatic carbocycles. The van der Waals surface area contributed by atoms with E-state index in [1.165, 1.54) is 6.92 Å². The van der Waals surface area contributed by atoms with Crippen LogP contribution in [0.2, 0.25) is 0 Å². The van der Waals surface area contributed by atoms with Crippen LogP contribution < -0.4 is 0 Å². The van der Waals surface area contributed by atoms with E-state index in [1.54, 1.807) is 13.8 Å². The summed E-state index contributed by atoms with van der Waals surface area (Å²) >= 11 is 8.10. The Labute approximate surface area is 85.2 Å². The molecule has 0 heterocycles. The number of alkyl halides is 2. The van der Waals surface area contributed by atoms with Crippen LogP contribution in [0.25, 0.3) is 0 Å². The van der Waals surface area contributed by atoms with Gasteiger partial charge in [0.2, 0.25) is 0 Å². The first-order valence-electron chi connectivity index (χ1n) is 3.30. The lowest BCUT2D eigenvalue weighted by Crippen LogP contribution is -2.06. The average molecular weight is 260 g/mol. The van der Waals surface area contributed by atoms with Crippen molar-refractivity contribution in [2.45, 2.75) is 31.0 Å². The minimum absolute atomic E-state index is 0.0247. The van der Waals surface area contributed by atoms with Gasteiger partial charge in [0.15, 0.2) is 0 Å². The summed E-state index contributed by atoms with van der Waals surface area (Å²) in [6.45, 7) is 4.68. The Hall–Kier alpha value is -0.0900. The van der Waals surface area contributed by atoms with Crippen LogP contribution in [0.5, 0.6) is 0 Å². The van der Waals surface area contributed by atoms with E-state index in [0.29, 0.717) is 0 Å². The summed E-state index contributed by atoms with van der Waals surface area (Å²) in [4.78, 5) is 19.2. The molecule has 3 nitrogen and oxygen atoms in total.